The van der Waals surface area contributed by atoms with Gasteiger partial charge in [-0.25, -0.2) is 0 Å². The summed E-state index contributed by atoms with van der Waals surface area (Å²) in [6, 6.07) is 10.3. The highest BCUT2D eigenvalue weighted by atomic mass is 16.8. The topological polar surface area (TPSA) is 27.7 Å². The fourth-order valence-corrected chi connectivity index (χ4v) is 3.07. The second-order valence-electron chi connectivity index (χ2n) is 5.94. The Hall–Kier alpha value is -0.900. The highest BCUT2D eigenvalue weighted by Crippen LogP contribution is 2.38. The average Bonchev–Trinajstić information content (AvgIpc) is 2.90. The summed E-state index contributed by atoms with van der Waals surface area (Å²) in [5.41, 5.74) is 1.20. The Bertz CT molecular complexity index is 412. The maximum absolute atomic E-state index is 6.19. The summed E-state index contributed by atoms with van der Waals surface area (Å²) in [5.74, 6) is -0.298. The lowest BCUT2D eigenvalue weighted by molar-refractivity contribution is -0.198. The maximum Gasteiger partial charge on any atom is 0.169 e. The van der Waals surface area contributed by atoms with E-state index in [2.05, 4.69) is 19.1 Å². The first-order valence-corrected chi connectivity index (χ1v) is 7.75. The normalized spacial score (nSPS) is 26.8. The summed E-state index contributed by atoms with van der Waals surface area (Å²) < 4.78 is 18.1. The zero-order valence-electron chi connectivity index (χ0n) is 12.2. The van der Waals surface area contributed by atoms with Crippen LogP contribution in [0.4, 0.5) is 0 Å². The molecule has 3 nitrogen and oxygen atoms in total. The molecule has 2 fully saturated rings. The molecule has 20 heavy (non-hydrogen) atoms. The quantitative estimate of drug-likeness (QED) is 0.840. The molecule has 1 aliphatic carbocycles. The van der Waals surface area contributed by atoms with Crippen LogP contribution >= 0.6 is 0 Å². The van der Waals surface area contributed by atoms with Crippen molar-refractivity contribution in [3.05, 3.63) is 35.9 Å². The highest BCUT2D eigenvalue weighted by Gasteiger charge is 2.44. The molecule has 0 N–H and O–H groups in total. The van der Waals surface area contributed by atoms with E-state index in [4.69, 9.17) is 14.2 Å². The molecular formula is C17H24O3. The predicted molar refractivity (Wildman–Crippen MR) is 77.3 cm³/mol. The molecule has 1 spiro atoms. The molecule has 2 atom stereocenters. The van der Waals surface area contributed by atoms with Crippen LogP contribution in [0.5, 0.6) is 0 Å². The number of rotatable bonds is 4. The van der Waals surface area contributed by atoms with Gasteiger partial charge in [-0.15, -0.1) is 0 Å². The lowest BCUT2D eigenvalue weighted by Crippen LogP contribution is -2.35. The van der Waals surface area contributed by atoms with Crippen molar-refractivity contribution >= 4 is 0 Å². The van der Waals surface area contributed by atoms with E-state index in [1.54, 1.807) is 0 Å². The van der Waals surface area contributed by atoms with E-state index in [0.29, 0.717) is 13.2 Å². The Balaban J connectivity index is 1.50. The summed E-state index contributed by atoms with van der Waals surface area (Å²) in [4.78, 5) is 0. The van der Waals surface area contributed by atoms with E-state index in [0.717, 1.165) is 12.8 Å². The van der Waals surface area contributed by atoms with Crippen molar-refractivity contribution in [3.63, 3.8) is 0 Å². The van der Waals surface area contributed by atoms with Crippen molar-refractivity contribution in [2.75, 3.05) is 6.61 Å². The van der Waals surface area contributed by atoms with Gasteiger partial charge in [0.1, 0.15) is 6.10 Å². The van der Waals surface area contributed by atoms with Crippen LogP contribution in [0.15, 0.2) is 30.3 Å². The zero-order chi connectivity index (χ0) is 13.8. The standard InChI is InChI=1S/C17H24O3/c1-14(18-12-15-8-4-2-5-9-15)16-13-19-17(20-16)10-6-3-7-11-17/h2,4-5,8-9,14,16H,3,6-7,10-13H2,1H3/t14-,16-/m0/s1. The molecule has 1 aromatic carbocycles. The summed E-state index contributed by atoms with van der Waals surface area (Å²) in [7, 11) is 0. The minimum atomic E-state index is -0.298. The van der Waals surface area contributed by atoms with Gasteiger partial charge in [-0.3, -0.25) is 0 Å². The number of hydrogen-bond acceptors (Lipinski definition) is 3. The van der Waals surface area contributed by atoms with E-state index in [9.17, 15) is 0 Å². The van der Waals surface area contributed by atoms with Crippen molar-refractivity contribution < 1.29 is 14.2 Å². The second-order valence-corrected chi connectivity index (χ2v) is 5.94. The van der Waals surface area contributed by atoms with Crippen LogP contribution in [0.3, 0.4) is 0 Å². The number of hydrogen-bond donors (Lipinski definition) is 0. The third-order valence-electron chi connectivity index (χ3n) is 4.37. The van der Waals surface area contributed by atoms with E-state index in [-0.39, 0.29) is 18.0 Å². The van der Waals surface area contributed by atoms with Crippen molar-refractivity contribution in [2.24, 2.45) is 0 Å². The van der Waals surface area contributed by atoms with E-state index in [1.165, 1.54) is 24.8 Å². The van der Waals surface area contributed by atoms with Gasteiger partial charge >= 0.3 is 0 Å². The number of benzene rings is 1. The molecule has 110 valence electrons. The van der Waals surface area contributed by atoms with Crippen molar-refractivity contribution in [1.29, 1.82) is 0 Å². The molecule has 1 heterocycles. The monoisotopic (exact) mass is 276 g/mol. The molecule has 0 aromatic heterocycles. The molecule has 1 aliphatic heterocycles. The molecular weight excluding hydrogens is 252 g/mol. The summed E-state index contributed by atoms with van der Waals surface area (Å²) >= 11 is 0. The zero-order valence-corrected chi connectivity index (χ0v) is 12.2. The molecule has 3 rings (SSSR count). The molecule has 0 bridgehead atoms. The Morgan fingerprint density at radius 1 is 1.20 bits per heavy atom. The van der Waals surface area contributed by atoms with Gasteiger partial charge in [0.05, 0.1) is 19.3 Å². The van der Waals surface area contributed by atoms with Crippen molar-refractivity contribution in [3.8, 4) is 0 Å². The summed E-state index contributed by atoms with van der Waals surface area (Å²) in [6.45, 7) is 3.38. The minimum Gasteiger partial charge on any atom is -0.371 e. The molecule has 0 radical (unpaired) electrons. The Morgan fingerprint density at radius 2 is 1.95 bits per heavy atom. The predicted octanol–water partition coefficient (Wildman–Crippen LogP) is 3.67. The SMILES string of the molecule is C[C@H](OCc1ccccc1)[C@@H]1COC2(CCCCC2)O1. The molecule has 1 saturated carbocycles. The molecule has 3 heteroatoms. The van der Waals surface area contributed by atoms with Crippen LogP contribution in [0.1, 0.15) is 44.6 Å². The van der Waals surface area contributed by atoms with Gasteiger partial charge in [0.15, 0.2) is 5.79 Å². The molecule has 0 unspecified atom stereocenters. The molecule has 0 amide bonds. The van der Waals surface area contributed by atoms with E-state index >= 15 is 0 Å². The van der Waals surface area contributed by atoms with E-state index in [1.807, 2.05) is 18.2 Å². The van der Waals surface area contributed by atoms with Gasteiger partial charge in [0.2, 0.25) is 0 Å². The molecule has 2 aliphatic rings. The molecule has 1 saturated heterocycles. The van der Waals surface area contributed by atoms with Crippen molar-refractivity contribution in [2.45, 2.75) is 63.6 Å². The third kappa shape index (κ3) is 3.22. The van der Waals surface area contributed by atoms with Gasteiger partial charge in [0.25, 0.3) is 0 Å². The lowest BCUT2D eigenvalue weighted by Gasteiger charge is -2.32. The van der Waals surface area contributed by atoms with Crippen LogP contribution in [-0.4, -0.2) is 24.6 Å². The van der Waals surface area contributed by atoms with Gasteiger partial charge in [-0.2, -0.15) is 0 Å². The minimum absolute atomic E-state index is 0.0662. The first kappa shape index (κ1) is 14.1. The lowest BCUT2D eigenvalue weighted by atomic mass is 9.94. The smallest absolute Gasteiger partial charge is 0.169 e. The summed E-state index contributed by atoms with van der Waals surface area (Å²) in [6.07, 6.45) is 5.94. The van der Waals surface area contributed by atoms with Crippen LogP contribution in [-0.2, 0) is 20.8 Å². The average molecular weight is 276 g/mol. The molecule has 1 aromatic rings. The maximum atomic E-state index is 6.19. The first-order chi connectivity index (χ1) is 9.77. The van der Waals surface area contributed by atoms with Gasteiger partial charge in [-0.1, -0.05) is 36.8 Å². The second kappa shape index (κ2) is 6.25. The third-order valence-corrected chi connectivity index (χ3v) is 4.37. The Kier molecular flexibility index (Phi) is 4.39. The van der Waals surface area contributed by atoms with Gasteiger partial charge in [0, 0.05) is 12.8 Å². The summed E-state index contributed by atoms with van der Waals surface area (Å²) in [5, 5.41) is 0. The largest absolute Gasteiger partial charge is 0.371 e. The van der Waals surface area contributed by atoms with Crippen molar-refractivity contribution in [1.82, 2.24) is 0 Å². The Morgan fingerprint density at radius 3 is 2.70 bits per heavy atom. The number of ether oxygens (including phenoxy) is 3. The fraction of sp³-hybridized carbons (Fsp3) is 0.647. The van der Waals surface area contributed by atoms with Crippen LogP contribution in [0.2, 0.25) is 0 Å². The van der Waals surface area contributed by atoms with Crippen LogP contribution < -0.4 is 0 Å². The Labute approximate surface area is 121 Å². The van der Waals surface area contributed by atoms with E-state index < -0.39 is 0 Å². The van der Waals surface area contributed by atoms with Crippen LogP contribution in [0, 0.1) is 0 Å². The van der Waals surface area contributed by atoms with Gasteiger partial charge < -0.3 is 14.2 Å². The highest BCUT2D eigenvalue weighted by molar-refractivity contribution is 5.13. The first-order valence-electron chi connectivity index (χ1n) is 7.75. The van der Waals surface area contributed by atoms with Crippen LogP contribution in [0.25, 0.3) is 0 Å². The fourth-order valence-electron chi connectivity index (χ4n) is 3.07. The van der Waals surface area contributed by atoms with Gasteiger partial charge in [-0.05, 0) is 25.3 Å².